The van der Waals surface area contributed by atoms with Crippen LogP contribution in [-0.2, 0) is 6.54 Å². The summed E-state index contributed by atoms with van der Waals surface area (Å²) in [5.41, 5.74) is 3.20. The van der Waals surface area contributed by atoms with Crippen molar-refractivity contribution in [2.24, 2.45) is 4.99 Å². The fourth-order valence-electron chi connectivity index (χ4n) is 4.19. The van der Waals surface area contributed by atoms with E-state index in [2.05, 4.69) is 31.2 Å². The van der Waals surface area contributed by atoms with Gasteiger partial charge >= 0.3 is 0 Å². The van der Waals surface area contributed by atoms with Crippen molar-refractivity contribution in [3.8, 4) is 0 Å². The average Bonchev–Trinajstić information content (AvgIpc) is 3.28. The zero-order valence-electron chi connectivity index (χ0n) is 19.2. The van der Waals surface area contributed by atoms with Crippen LogP contribution < -0.4 is 10.6 Å². The molecular formula is C25H30N6O2. The number of nitrogens with zero attached hydrogens (tertiary/aromatic N) is 4. The zero-order chi connectivity index (χ0) is 23.2. The number of unbranched alkanes of at least 4 members (excludes halogenated alkanes) is 1. The van der Waals surface area contributed by atoms with Crippen molar-refractivity contribution in [1.82, 2.24) is 25.1 Å². The molecule has 2 aromatic carbocycles. The Morgan fingerprint density at radius 3 is 2.21 bits per heavy atom. The van der Waals surface area contributed by atoms with E-state index in [4.69, 9.17) is 0 Å². The third-order valence-electron chi connectivity index (χ3n) is 5.90. The molecule has 2 amide bonds. The summed E-state index contributed by atoms with van der Waals surface area (Å²) in [5.74, 6) is 1.39. The Labute approximate surface area is 193 Å². The maximum Gasteiger partial charge on any atom is 0.261 e. The van der Waals surface area contributed by atoms with Crippen LogP contribution in [0.2, 0.25) is 0 Å². The molecule has 0 radical (unpaired) electrons. The van der Waals surface area contributed by atoms with Crippen LogP contribution in [0.15, 0.2) is 53.5 Å². The molecule has 33 heavy (non-hydrogen) atoms. The maximum atomic E-state index is 12.4. The molecule has 2 heterocycles. The van der Waals surface area contributed by atoms with E-state index in [1.165, 1.54) is 4.90 Å². The SMILES string of the molecule is CN=C(NCCCCN1C(=O)c2ccccc2C1=O)NCCCn1c(C)nc2ccccc21. The van der Waals surface area contributed by atoms with Gasteiger partial charge in [0.15, 0.2) is 5.96 Å². The van der Waals surface area contributed by atoms with Crippen LogP contribution in [0.1, 0.15) is 45.8 Å². The predicted molar refractivity (Wildman–Crippen MR) is 129 cm³/mol. The molecule has 2 N–H and O–H groups in total. The number of rotatable bonds is 9. The molecule has 0 unspecified atom stereocenters. The minimum atomic E-state index is -0.193. The van der Waals surface area contributed by atoms with Crippen molar-refractivity contribution < 1.29 is 9.59 Å². The number of aliphatic imine (C=N–C) groups is 1. The van der Waals surface area contributed by atoms with Crippen molar-refractivity contribution in [3.63, 3.8) is 0 Å². The van der Waals surface area contributed by atoms with Gasteiger partial charge in [-0.3, -0.25) is 19.5 Å². The number of nitrogens with one attached hydrogen (secondary N) is 2. The van der Waals surface area contributed by atoms with Gasteiger partial charge in [-0.05, 0) is 50.5 Å². The van der Waals surface area contributed by atoms with E-state index in [1.54, 1.807) is 31.3 Å². The van der Waals surface area contributed by atoms with E-state index in [0.29, 0.717) is 24.2 Å². The average molecular weight is 447 g/mol. The minimum absolute atomic E-state index is 0.193. The third-order valence-corrected chi connectivity index (χ3v) is 5.90. The number of para-hydroxylation sites is 2. The normalized spacial score (nSPS) is 13.6. The van der Waals surface area contributed by atoms with E-state index < -0.39 is 0 Å². The standard InChI is InChI=1S/C25H30N6O2/c1-18-29-21-12-5-6-13-22(21)30(18)17-9-15-28-25(26-2)27-14-7-8-16-31-23(32)19-10-3-4-11-20(19)24(31)33/h3-6,10-13H,7-9,14-17H2,1-2H3,(H2,26,27,28). The molecule has 0 fully saturated rings. The van der Waals surface area contributed by atoms with Gasteiger partial charge in [0, 0.05) is 33.2 Å². The lowest BCUT2D eigenvalue weighted by molar-refractivity contribution is 0.0652. The van der Waals surface area contributed by atoms with Gasteiger partial charge in [-0.25, -0.2) is 4.98 Å². The summed E-state index contributed by atoms with van der Waals surface area (Å²) in [6.07, 6.45) is 2.51. The molecule has 0 spiro atoms. The van der Waals surface area contributed by atoms with Gasteiger partial charge in [0.1, 0.15) is 5.82 Å². The van der Waals surface area contributed by atoms with Crippen LogP contribution >= 0.6 is 0 Å². The Bertz CT molecular complexity index is 1150. The fraction of sp³-hybridized carbons (Fsp3) is 0.360. The first-order valence-corrected chi connectivity index (χ1v) is 11.4. The minimum Gasteiger partial charge on any atom is -0.356 e. The summed E-state index contributed by atoms with van der Waals surface area (Å²) in [4.78, 5) is 35.0. The quantitative estimate of drug-likeness (QED) is 0.228. The highest BCUT2D eigenvalue weighted by atomic mass is 16.2. The number of imidazole rings is 1. The topological polar surface area (TPSA) is 91.6 Å². The van der Waals surface area contributed by atoms with E-state index in [0.717, 1.165) is 55.2 Å². The lowest BCUT2D eigenvalue weighted by atomic mass is 10.1. The summed E-state index contributed by atoms with van der Waals surface area (Å²) in [7, 11) is 1.75. The summed E-state index contributed by atoms with van der Waals surface area (Å²) in [5, 5.41) is 6.64. The first-order chi connectivity index (χ1) is 16.1. The van der Waals surface area contributed by atoms with E-state index in [1.807, 2.05) is 25.1 Å². The second kappa shape index (κ2) is 10.3. The highest BCUT2D eigenvalue weighted by molar-refractivity contribution is 6.21. The van der Waals surface area contributed by atoms with Crippen LogP contribution in [0.3, 0.4) is 0 Å². The van der Waals surface area contributed by atoms with Gasteiger partial charge in [0.25, 0.3) is 11.8 Å². The summed E-state index contributed by atoms with van der Waals surface area (Å²) >= 11 is 0. The molecular weight excluding hydrogens is 416 g/mol. The molecule has 8 heteroatoms. The Morgan fingerprint density at radius 1 is 0.879 bits per heavy atom. The molecule has 172 valence electrons. The molecule has 0 saturated heterocycles. The Morgan fingerprint density at radius 2 is 1.52 bits per heavy atom. The molecule has 1 aliphatic heterocycles. The van der Waals surface area contributed by atoms with Gasteiger partial charge in [0.05, 0.1) is 22.2 Å². The summed E-state index contributed by atoms with van der Waals surface area (Å²) in [6, 6.07) is 15.2. The van der Waals surface area contributed by atoms with Crippen molar-refractivity contribution in [3.05, 3.63) is 65.5 Å². The smallest absolute Gasteiger partial charge is 0.261 e. The Kier molecular flexibility index (Phi) is 7.02. The van der Waals surface area contributed by atoms with E-state index >= 15 is 0 Å². The molecule has 0 atom stereocenters. The fourth-order valence-corrected chi connectivity index (χ4v) is 4.19. The molecule has 8 nitrogen and oxygen atoms in total. The number of aryl methyl sites for hydroxylation is 2. The van der Waals surface area contributed by atoms with Crippen molar-refractivity contribution in [1.29, 1.82) is 0 Å². The van der Waals surface area contributed by atoms with Gasteiger partial charge in [0.2, 0.25) is 0 Å². The number of amides is 2. The molecule has 4 rings (SSSR count). The molecule has 0 aliphatic carbocycles. The lowest BCUT2D eigenvalue weighted by Crippen LogP contribution is -2.38. The van der Waals surface area contributed by atoms with Crippen LogP contribution in [0, 0.1) is 6.92 Å². The molecule has 0 bridgehead atoms. The van der Waals surface area contributed by atoms with Gasteiger partial charge in [-0.1, -0.05) is 24.3 Å². The van der Waals surface area contributed by atoms with Crippen LogP contribution in [0.25, 0.3) is 11.0 Å². The van der Waals surface area contributed by atoms with Gasteiger partial charge in [-0.15, -0.1) is 0 Å². The first-order valence-electron chi connectivity index (χ1n) is 11.4. The number of carbonyl (C=O) groups is 2. The summed E-state index contributed by atoms with van der Waals surface area (Å²) < 4.78 is 2.24. The van der Waals surface area contributed by atoms with Crippen LogP contribution in [0.5, 0.6) is 0 Å². The predicted octanol–water partition coefficient (Wildman–Crippen LogP) is 2.98. The number of guanidine groups is 1. The number of benzene rings is 2. The first kappa shape index (κ1) is 22.5. The molecule has 1 aliphatic rings. The van der Waals surface area contributed by atoms with Gasteiger partial charge < -0.3 is 15.2 Å². The van der Waals surface area contributed by atoms with Crippen LogP contribution in [-0.4, -0.2) is 58.9 Å². The van der Waals surface area contributed by atoms with Crippen LogP contribution in [0.4, 0.5) is 0 Å². The summed E-state index contributed by atoms with van der Waals surface area (Å²) in [6.45, 7) is 4.86. The lowest BCUT2D eigenvalue weighted by Gasteiger charge is -2.15. The highest BCUT2D eigenvalue weighted by Crippen LogP contribution is 2.22. The molecule has 3 aromatic rings. The molecule has 1 aromatic heterocycles. The number of imide groups is 1. The highest BCUT2D eigenvalue weighted by Gasteiger charge is 2.34. The van der Waals surface area contributed by atoms with E-state index in [-0.39, 0.29) is 11.8 Å². The third kappa shape index (κ3) is 4.89. The number of aromatic nitrogens is 2. The number of fused-ring (bicyclic) bond motifs is 2. The number of carbonyl (C=O) groups excluding carboxylic acids is 2. The van der Waals surface area contributed by atoms with Crippen molar-refractivity contribution >= 4 is 28.8 Å². The monoisotopic (exact) mass is 446 g/mol. The molecule has 0 saturated carbocycles. The largest absolute Gasteiger partial charge is 0.356 e. The maximum absolute atomic E-state index is 12.4. The zero-order valence-corrected chi connectivity index (χ0v) is 19.2. The second-order valence-electron chi connectivity index (χ2n) is 8.09. The van der Waals surface area contributed by atoms with Crippen molar-refractivity contribution in [2.75, 3.05) is 26.7 Å². The number of hydrogen-bond acceptors (Lipinski definition) is 4. The Balaban J connectivity index is 1.15. The van der Waals surface area contributed by atoms with E-state index in [9.17, 15) is 9.59 Å². The number of hydrogen-bond donors (Lipinski definition) is 2. The second-order valence-corrected chi connectivity index (χ2v) is 8.09. The van der Waals surface area contributed by atoms with Crippen molar-refractivity contribution in [2.45, 2.75) is 32.7 Å². The van der Waals surface area contributed by atoms with Gasteiger partial charge in [-0.2, -0.15) is 0 Å². The Hall–Kier alpha value is -3.68.